The number of hydrogen-bond acceptors (Lipinski definition) is 1. The molecule has 0 N–H and O–H groups in total. The minimum Gasteiger partial charge on any atom is -0.308 e. The minimum atomic E-state index is -0.936. The standard InChI is InChI=1S/C49H29F2N3/c50-42-24-21-33(25-43(42)51)36-28-48(53-44-17-9-7-15-37(44)39-22-19-34(26-46(39)53)31-11-3-1-4-12-31)41(30-52)49(29-36)54-45-18-10-8-16-38(45)40-23-20-35(27-47(40)54)32-13-5-2-6-14-32/h1-29H. The Morgan fingerprint density at radius 1 is 0.352 bits per heavy atom. The van der Waals surface area contributed by atoms with Crippen LogP contribution in [0, 0.1) is 23.0 Å². The molecule has 0 unspecified atom stereocenters. The number of hydrogen-bond donors (Lipinski definition) is 0. The summed E-state index contributed by atoms with van der Waals surface area (Å²) in [6.45, 7) is 0. The van der Waals surface area contributed by atoms with E-state index < -0.39 is 11.6 Å². The van der Waals surface area contributed by atoms with Crippen LogP contribution in [0.25, 0.3) is 88.4 Å². The molecule has 0 bridgehead atoms. The van der Waals surface area contributed by atoms with Gasteiger partial charge in [0.2, 0.25) is 0 Å². The summed E-state index contributed by atoms with van der Waals surface area (Å²) in [7, 11) is 0. The molecule has 0 atom stereocenters. The van der Waals surface area contributed by atoms with Crippen molar-refractivity contribution in [3.8, 4) is 50.8 Å². The first-order chi connectivity index (χ1) is 26.6. The molecule has 0 amide bonds. The van der Waals surface area contributed by atoms with E-state index in [9.17, 15) is 14.0 Å². The molecule has 0 saturated carbocycles. The molecule has 2 aromatic heterocycles. The van der Waals surface area contributed by atoms with Crippen molar-refractivity contribution < 1.29 is 8.78 Å². The van der Waals surface area contributed by atoms with Gasteiger partial charge in [-0.15, -0.1) is 0 Å². The number of nitriles is 1. The Labute approximate surface area is 309 Å². The van der Waals surface area contributed by atoms with E-state index in [1.54, 1.807) is 6.07 Å². The first kappa shape index (κ1) is 31.4. The van der Waals surface area contributed by atoms with Crippen LogP contribution in [0.1, 0.15) is 5.56 Å². The maximum absolute atomic E-state index is 15.0. The second-order valence-electron chi connectivity index (χ2n) is 13.5. The fraction of sp³-hybridized carbons (Fsp3) is 0. The van der Waals surface area contributed by atoms with Crippen LogP contribution in [0.15, 0.2) is 176 Å². The highest BCUT2D eigenvalue weighted by molar-refractivity contribution is 6.12. The van der Waals surface area contributed by atoms with Gasteiger partial charge < -0.3 is 9.13 Å². The number of benzene rings is 8. The Kier molecular flexibility index (Phi) is 7.24. The van der Waals surface area contributed by atoms with E-state index in [-0.39, 0.29) is 0 Å². The maximum Gasteiger partial charge on any atom is 0.159 e. The van der Waals surface area contributed by atoms with Crippen LogP contribution >= 0.6 is 0 Å². The molecule has 0 fully saturated rings. The van der Waals surface area contributed by atoms with Gasteiger partial charge in [-0.1, -0.05) is 127 Å². The number of rotatable bonds is 5. The van der Waals surface area contributed by atoms with E-state index in [4.69, 9.17) is 0 Å². The third-order valence-electron chi connectivity index (χ3n) is 10.5. The highest BCUT2D eigenvalue weighted by atomic mass is 19.2. The summed E-state index contributed by atoms with van der Waals surface area (Å²) in [5.74, 6) is -1.85. The Morgan fingerprint density at radius 2 is 0.778 bits per heavy atom. The summed E-state index contributed by atoms with van der Waals surface area (Å²) >= 11 is 0. The largest absolute Gasteiger partial charge is 0.308 e. The van der Waals surface area contributed by atoms with Gasteiger partial charge in [0, 0.05) is 21.5 Å². The van der Waals surface area contributed by atoms with Gasteiger partial charge in [0.1, 0.15) is 11.6 Å². The highest BCUT2D eigenvalue weighted by Gasteiger charge is 2.23. The van der Waals surface area contributed by atoms with Gasteiger partial charge in [-0.3, -0.25) is 0 Å². The average Bonchev–Trinajstić information content (AvgIpc) is 3.74. The average molecular weight is 698 g/mol. The Morgan fingerprint density at radius 3 is 1.26 bits per heavy atom. The fourth-order valence-electron chi connectivity index (χ4n) is 8.00. The van der Waals surface area contributed by atoms with Crippen molar-refractivity contribution in [3.05, 3.63) is 193 Å². The number of nitrogens with zero attached hydrogens (tertiary/aromatic N) is 3. The molecular formula is C49H29F2N3. The van der Waals surface area contributed by atoms with Crippen LogP contribution in [0.4, 0.5) is 8.78 Å². The van der Waals surface area contributed by atoms with Gasteiger partial charge in [0.05, 0.1) is 33.4 Å². The van der Waals surface area contributed by atoms with Crippen molar-refractivity contribution in [2.45, 2.75) is 0 Å². The van der Waals surface area contributed by atoms with Crippen LogP contribution in [0.3, 0.4) is 0 Å². The van der Waals surface area contributed by atoms with Crippen molar-refractivity contribution in [1.82, 2.24) is 9.13 Å². The molecule has 0 spiro atoms. The molecule has 2 heterocycles. The zero-order valence-electron chi connectivity index (χ0n) is 28.8. The van der Waals surface area contributed by atoms with Gasteiger partial charge in [-0.05, 0) is 81.9 Å². The first-order valence-corrected chi connectivity index (χ1v) is 17.8. The lowest BCUT2D eigenvalue weighted by Gasteiger charge is -2.19. The van der Waals surface area contributed by atoms with E-state index in [1.807, 2.05) is 72.8 Å². The molecule has 0 radical (unpaired) electrons. The van der Waals surface area contributed by atoms with Crippen molar-refractivity contribution in [3.63, 3.8) is 0 Å². The molecule has 0 aliphatic rings. The molecule has 3 nitrogen and oxygen atoms in total. The summed E-state index contributed by atoms with van der Waals surface area (Å²) < 4.78 is 33.6. The van der Waals surface area contributed by atoms with Crippen molar-refractivity contribution >= 4 is 43.6 Å². The van der Waals surface area contributed by atoms with Crippen LogP contribution in [-0.4, -0.2) is 9.13 Å². The SMILES string of the molecule is N#Cc1c(-n2c3ccccc3c3ccc(-c4ccccc4)cc32)cc(-c2ccc(F)c(F)c2)cc1-n1c2ccccc2c2ccc(-c3ccccc3)cc21. The van der Waals surface area contributed by atoms with Gasteiger partial charge >= 0.3 is 0 Å². The summed E-state index contributed by atoms with van der Waals surface area (Å²) in [5.41, 5.74) is 10.8. The predicted octanol–water partition coefficient (Wildman–Crippen LogP) is 13.0. The van der Waals surface area contributed by atoms with E-state index in [2.05, 4.69) is 100 Å². The lowest BCUT2D eigenvalue weighted by atomic mass is 9.99. The topological polar surface area (TPSA) is 33.6 Å². The van der Waals surface area contributed by atoms with E-state index in [0.717, 1.165) is 71.9 Å². The lowest BCUT2D eigenvalue weighted by molar-refractivity contribution is 0.509. The molecule has 54 heavy (non-hydrogen) atoms. The predicted molar refractivity (Wildman–Crippen MR) is 216 cm³/mol. The van der Waals surface area contributed by atoms with E-state index in [0.29, 0.717) is 28.1 Å². The Bertz CT molecular complexity index is 2950. The zero-order chi connectivity index (χ0) is 36.3. The summed E-state index contributed by atoms with van der Waals surface area (Å²) in [5, 5.41) is 15.5. The Balaban J connectivity index is 1.35. The highest BCUT2D eigenvalue weighted by Crippen LogP contribution is 2.42. The molecule has 8 aromatic carbocycles. The first-order valence-electron chi connectivity index (χ1n) is 17.8. The van der Waals surface area contributed by atoms with Crippen LogP contribution in [0.2, 0.25) is 0 Å². The monoisotopic (exact) mass is 697 g/mol. The molecule has 10 rings (SSSR count). The third-order valence-corrected chi connectivity index (χ3v) is 10.5. The normalized spacial score (nSPS) is 11.5. The van der Waals surface area contributed by atoms with Crippen molar-refractivity contribution in [2.75, 3.05) is 0 Å². The van der Waals surface area contributed by atoms with Gasteiger partial charge in [0.25, 0.3) is 0 Å². The van der Waals surface area contributed by atoms with Gasteiger partial charge in [-0.2, -0.15) is 5.26 Å². The second-order valence-corrected chi connectivity index (χ2v) is 13.5. The van der Waals surface area contributed by atoms with E-state index in [1.165, 1.54) is 6.07 Å². The smallest absolute Gasteiger partial charge is 0.159 e. The van der Waals surface area contributed by atoms with Crippen molar-refractivity contribution in [2.24, 2.45) is 0 Å². The molecule has 0 saturated heterocycles. The third kappa shape index (κ3) is 4.92. The van der Waals surface area contributed by atoms with Gasteiger partial charge in [0.15, 0.2) is 11.6 Å². The lowest BCUT2D eigenvalue weighted by Crippen LogP contribution is -2.05. The maximum atomic E-state index is 15.0. The summed E-state index contributed by atoms with van der Waals surface area (Å²) in [4.78, 5) is 0. The van der Waals surface area contributed by atoms with Crippen LogP contribution < -0.4 is 0 Å². The quantitative estimate of drug-likeness (QED) is 0.176. The zero-order valence-corrected chi connectivity index (χ0v) is 28.8. The summed E-state index contributed by atoms with van der Waals surface area (Å²) in [6.07, 6.45) is 0. The molecule has 5 heteroatoms. The van der Waals surface area contributed by atoms with Crippen molar-refractivity contribution in [1.29, 1.82) is 5.26 Å². The number of para-hydroxylation sites is 2. The number of fused-ring (bicyclic) bond motifs is 6. The van der Waals surface area contributed by atoms with Gasteiger partial charge in [-0.25, -0.2) is 8.78 Å². The van der Waals surface area contributed by atoms with Crippen LogP contribution in [0.5, 0.6) is 0 Å². The number of aromatic nitrogens is 2. The summed E-state index contributed by atoms with van der Waals surface area (Å²) in [6, 6.07) is 60.1. The van der Waals surface area contributed by atoms with Crippen LogP contribution in [-0.2, 0) is 0 Å². The minimum absolute atomic E-state index is 0.446. The molecule has 10 aromatic rings. The second kappa shape index (κ2) is 12.4. The fourth-order valence-corrected chi connectivity index (χ4v) is 8.00. The molecule has 0 aliphatic carbocycles. The number of halogens is 2. The molecule has 0 aliphatic heterocycles. The molecule has 254 valence electrons. The Hall–Kier alpha value is -7.29. The van der Waals surface area contributed by atoms with E-state index >= 15 is 0 Å². The molecular weight excluding hydrogens is 669 g/mol.